The van der Waals surface area contributed by atoms with Crippen molar-refractivity contribution >= 4 is 21.6 Å². The lowest BCUT2D eigenvalue weighted by atomic mass is 10.1. The van der Waals surface area contributed by atoms with Crippen LogP contribution in [0, 0.1) is 5.92 Å². The summed E-state index contributed by atoms with van der Waals surface area (Å²) in [7, 11) is 4.39. The van der Waals surface area contributed by atoms with Crippen LogP contribution in [-0.2, 0) is 6.42 Å². The number of hydrogen-bond donors (Lipinski definition) is 1. The summed E-state index contributed by atoms with van der Waals surface area (Å²) in [5, 5.41) is 0. The Hall–Kier alpha value is -0.580. The lowest BCUT2D eigenvalue weighted by Crippen LogP contribution is -2.27. The van der Waals surface area contributed by atoms with Gasteiger partial charge in [0, 0.05) is 36.3 Å². The zero-order valence-corrected chi connectivity index (χ0v) is 14.4. The number of anilines is 1. The molecule has 20 heavy (non-hydrogen) atoms. The molecule has 0 bridgehead atoms. The van der Waals surface area contributed by atoms with Crippen molar-refractivity contribution in [2.45, 2.75) is 25.8 Å². The van der Waals surface area contributed by atoms with Gasteiger partial charge in [-0.3, -0.25) is 0 Å². The Bertz CT molecular complexity index is 447. The molecule has 112 valence electrons. The summed E-state index contributed by atoms with van der Waals surface area (Å²) in [5.74, 6) is 0.785. The molecule has 1 heterocycles. The van der Waals surface area contributed by atoms with Gasteiger partial charge in [0.05, 0.1) is 0 Å². The standard InChI is InChI=1S/C16H26BrN3/c1-12(18)8-14-4-5-15(9-16(14)17)20(3)11-13-6-7-19(2)10-13/h4-5,9,12-13H,6-8,10-11,18H2,1-3H3. The quantitative estimate of drug-likeness (QED) is 0.895. The van der Waals surface area contributed by atoms with Gasteiger partial charge in [0.25, 0.3) is 0 Å². The molecule has 0 aliphatic carbocycles. The van der Waals surface area contributed by atoms with Crippen LogP contribution in [0.2, 0.25) is 0 Å². The minimum absolute atomic E-state index is 0.198. The molecule has 0 spiro atoms. The van der Waals surface area contributed by atoms with Gasteiger partial charge < -0.3 is 15.5 Å². The Morgan fingerprint density at radius 1 is 1.50 bits per heavy atom. The second-order valence-electron chi connectivity index (χ2n) is 6.25. The molecule has 1 aromatic rings. The maximum atomic E-state index is 5.88. The third-order valence-electron chi connectivity index (χ3n) is 4.04. The van der Waals surface area contributed by atoms with Crippen LogP contribution < -0.4 is 10.6 Å². The fourth-order valence-electron chi connectivity index (χ4n) is 2.95. The van der Waals surface area contributed by atoms with Crippen LogP contribution in [0.15, 0.2) is 22.7 Å². The normalized spacial score (nSPS) is 21.1. The first-order valence-corrected chi connectivity index (χ1v) is 8.18. The number of benzene rings is 1. The van der Waals surface area contributed by atoms with E-state index in [0.29, 0.717) is 0 Å². The molecule has 3 nitrogen and oxygen atoms in total. The monoisotopic (exact) mass is 339 g/mol. The van der Waals surface area contributed by atoms with Crippen LogP contribution in [0.5, 0.6) is 0 Å². The molecule has 1 aliphatic heterocycles. The van der Waals surface area contributed by atoms with E-state index in [1.807, 2.05) is 6.92 Å². The highest BCUT2D eigenvalue weighted by Crippen LogP contribution is 2.26. The highest BCUT2D eigenvalue weighted by Gasteiger charge is 2.21. The smallest absolute Gasteiger partial charge is 0.0375 e. The number of rotatable bonds is 5. The van der Waals surface area contributed by atoms with Gasteiger partial charge in [0.1, 0.15) is 0 Å². The fraction of sp³-hybridized carbons (Fsp3) is 0.625. The molecule has 0 aromatic heterocycles. The van der Waals surface area contributed by atoms with Crippen LogP contribution in [-0.4, -0.2) is 44.7 Å². The molecule has 2 atom stereocenters. The van der Waals surface area contributed by atoms with Gasteiger partial charge in [-0.15, -0.1) is 0 Å². The van der Waals surface area contributed by atoms with Crippen molar-refractivity contribution in [2.75, 3.05) is 38.6 Å². The number of hydrogen-bond acceptors (Lipinski definition) is 3. The second-order valence-corrected chi connectivity index (χ2v) is 7.11. The summed E-state index contributed by atoms with van der Waals surface area (Å²) in [6.07, 6.45) is 2.22. The zero-order valence-electron chi connectivity index (χ0n) is 12.8. The molecule has 1 saturated heterocycles. The molecular weight excluding hydrogens is 314 g/mol. The number of nitrogens with two attached hydrogens (primary N) is 1. The van der Waals surface area contributed by atoms with E-state index in [1.165, 1.54) is 35.2 Å². The van der Waals surface area contributed by atoms with Crippen molar-refractivity contribution in [1.82, 2.24) is 4.90 Å². The van der Waals surface area contributed by atoms with E-state index in [1.54, 1.807) is 0 Å². The number of halogens is 1. The van der Waals surface area contributed by atoms with E-state index in [9.17, 15) is 0 Å². The van der Waals surface area contributed by atoms with Gasteiger partial charge in [0.15, 0.2) is 0 Å². The van der Waals surface area contributed by atoms with Crippen LogP contribution in [0.4, 0.5) is 5.69 Å². The van der Waals surface area contributed by atoms with Gasteiger partial charge in [-0.25, -0.2) is 0 Å². The lowest BCUT2D eigenvalue weighted by Gasteiger charge is -2.24. The summed E-state index contributed by atoms with van der Waals surface area (Å²) in [5.41, 5.74) is 8.44. The summed E-state index contributed by atoms with van der Waals surface area (Å²) in [6.45, 7) is 5.62. The minimum atomic E-state index is 0.198. The van der Waals surface area contributed by atoms with E-state index >= 15 is 0 Å². The molecule has 1 aliphatic rings. The van der Waals surface area contributed by atoms with E-state index in [-0.39, 0.29) is 6.04 Å². The Kier molecular flexibility index (Phi) is 5.47. The highest BCUT2D eigenvalue weighted by atomic mass is 79.9. The van der Waals surface area contributed by atoms with Gasteiger partial charge in [0.2, 0.25) is 0 Å². The molecule has 1 aromatic carbocycles. The van der Waals surface area contributed by atoms with E-state index in [2.05, 4.69) is 58.0 Å². The highest BCUT2D eigenvalue weighted by molar-refractivity contribution is 9.10. The largest absolute Gasteiger partial charge is 0.374 e. The van der Waals surface area contributed by atoms with Gasteiger partial charge >= 0.3 is 0 Å². The molecule has 4 heteroatoms. The van der Waals surface area contributed by atoms with Gasteiger partial charge in [-0.1, -0.05) is 22.0 Å². The van der Waals surface area contributed by atoms with Crippen molar-refractivity contribution < 1.29 is 0 Å². The van der Waals surface area contributed by atoms with Gasteiger partial charge in [-0.05, 0) is 57.0 Å². The van der Waals surface area contributed by atoms with Crippen molar-refractivity contribution in [2.24, 2.45) is 11.7 Å². The van der Waals surface area contributed by atoms with E-state index in [0.717, 1.165) is 18.9 Å². The Balaban J connectivity index is 1.99. The first kappa shape index (κ1) is 15.8. The predicted molar refractivity (Wildman–Crippen MR) is 90.4 cm³/mol. The summed E-state index contributed by atoms with van der Waals surface area (Å²) >= 11 is 3.68. The second kappa shape index (κ2) is 6.92. The van der Waals surface area contributed by atoms with Crippen molar-refractivity contribution in [3.8, 4) is 0 Å². The summed E-state index contributed by atoms with van der Waals surface area (Å²) in [4.78, 5) is 4.78. The molecule has 2 rings (SSSR count). The van der Waals surface area contributed by atoms with Gasteiger partial charge in [-0.2, -0.15) is 0 Å². The minimum Gasteiger partial charge on any atom is -0.374 e. The first-order chi connectivity index (χ1) is 9.45. The van der Waals surface area contributed by atoms with E-state index in [4.69, 9.17) is 5.73 Å². The number of nitrogens with zero attached hydrogens (tertiary/aromatic N) is 2. The maximum Gasteiger partial charge on any atom is 0.0375 e. The van der Waals surface area contributed by atoms with Crippen LogP contribution >= 0.6 is 15.9 Å². The predicted octanol–water partition coefficient (Wildman–Crippen LogP) is 2.73. The van der Waals surface area contributed by atoms with E-state index < -0.39 is 0 Å². The average Bonchev–Trinajstić information content (AvgIpc) is 2.76. The van der Waals surface area contributed by atoms with Crippen LogP contribution in [0.1, 0.15) is 18.9 Å². The maximum absolute atomic E-state index is 5.88. The molecule has 0 amide bonds. The molecule has 0 saturated carbocycles. The fourth-order valence-corrected chi connectivity index (χ4v) is 3.48. The van der Waals surface area contributed by atoms with Crippen LogP contribution in [0.3, 0.4) is 0 Å². The zero-order chi connectivity index (χ0) is 14.7. The molecule has 2 N–H and O–H groups in total. The third-order valence-corrected chi connectivity index (χ3v) is 4.78. The first-order valence-electron chi connectivity index (χ1n) is 7.39. The van der Waals surface area contributed by atoms with Crippen molar-refractivity contribution in [1.29, 1.82) is 0 Å². The average molecular weight is 340 g/mol. The Labute approximate surface area is 131 Å². The van der Waals surface area contributed by atoms with Crippen molar-refractivity contribution in [3.63, 3.8) is 0 Å². The molecule has 2 unspecified atom stereocenters. The Morgan fingerprint density at radius 3 is 2.80 bits per heavy atom. The molecule has 1 fully saturated rings. The Morgan fingerprint density at radius 2 is 2.25 bits per heavy atom. The van der Waals surface area contributed by atoms with Crippen LogP contribution in [0.25, 0.3) is 0 Å². The van der Waals surface area contributed by atoms with Crippen molar-refractivity contribution in [3.05, 3.63) is 28.2 Å². The molecular formula is C16H26BrN3. The third kappa shape index (κ3) is 4.21. The topological polar surface area (TPSA) is 32.5 Å². The summed E-state index contributed by atoms with van der Waals surface area (Å²) < 4.78 is 1.17. The number of likely N-dealkylation sites (tertiary alicyclic amines) is 1. The summed E-state index contributed by atoms with van der Waals surface area (Å²) in [6, 6.07) is 6.82. The SMILES string of the molecule is CC(N)Cc1ccc(N(C)CC2CCN(C)C2)cc1Br. The molecule has 0 radical (unpaired) electrons. The lowest BCUT2D eigenvalue weighted by molar-refractivity contribution is 0.396.